The predicted molar refractivity (Wildman–Crippen MR) is 157 cm³/mol. The van der Waals surface area contributed by atoms with E-state index in [2.05, 4.69) is 30.6 Å². The zero-order valence-corrected chi connectivity index (χ0v) is 22.6. The zero-order valence-electron chi connectivity index (χ0n) is 22.6. The van der Waals surface area contributed by atoms with E-state index in [0.717, 1.165) is 48.4 Å². The van der Waals surface area contributed by atoms with Crippen LogP contribution in [-0.4, -0.2) is 61.6 Å². The van der Waals surface area contributed by atoms with Gasteiger partial charge < -0.3 is 36.3 Å². The molecule has 0 radical (unpaired) electrons. The summed E-state index contributed by atoms with van der Waals surface area (Å²) in [5, 5.41) is 6.34. The Morgan fingerprint density at radius 1 is 1.07 bits per heavy atom. The summed E-state index contributed by atoms with van der Waals surface area (Å²) in [5.41, 5.74) is 15.2. The van der Waals surface area contributed by atoms with Crippen molar-refractivity contribution in [2.24, 2.45) is 21.5 Å². The smallest absolute Gasteiger partial charge is 0.213 e. The van der Waals surface area contributed by atoms with E-state index < -0.39 is 0 Å². The Kier molecular flexibility index (Phi) is 10.8. The summed E-state index contributed by atoms with van der Waals surface area (Å²) in [6, 6.07) is 15.5. The topological polar surface area (TPSA) is 154 Å². The fourth-order valence-electron chi connectivity index (χ4n) is 3.97. The van der Waals surface area contributed by atoms with Gasteiger partial charge in [-0.2, -0.15) is 4.99 Å². The number of guanidine groups is 1. The zero-order chi connectivity index (χ0) is 28.0. The largest absolute Gasteiger partial charge is 0.489 e. The molecule has 0 amide bonds. The van der Waals surface area contributed by atoms with Crippen molar-refractivity contribution in [3.05, 3.63) is 78.4 Å². The molecule has 1 fully saturated rings. The predicted octanol–water partition coefficient (Wildman–Crippen LogP) is 2.91. The molecule has 0 bridgehead atoms. The van der Waals surface area contributed by atoms with Crippen LogP contribution in [0.1, 0.15) is 18.4 Å². The van der Waals surface area contributed by atoms with E-state index in [1.807, 2.05) is 48.5 Å². The number of piperidine rings is 1. The highest BCUT2D eigenvalue weighted by Gasteiger charge is 2.11. The van der Waals surface area contributed by atoms with Gasteiger partial charge in [-0.05, 0) is 61.8 Å². The lowest BCUT2D eigenvalue weighted by molar-refractivity contribution is 0.143. The van der Waals surface area contributed by atoms with Crippen molar-refractivity contribution in [2.75, 3.05) is 33.4 Å². The molecule has 1 aromatic carbocycles. The van der Waals surface area contributed by atoms with Crippen LogP contribution in [-0.2, 0) is 11.3 Å². The van der Waals surface area contributed by atoms with Crippen LogP contribution in [0.3, 0.4) is 0 Å². The second-order valence-corrected chi connectivity index (χ2v) is 9.04. The van der Waals surface area contributed by atoms with Crippen LogP contribution in [0.25, 0.3) is 11.1 Å². The normalized spacial score (nSPS) is 14.8. The van der Waals surface area contributed by atoms with Gasteiger partial charge in [0.25, 0.3) is 0 Å². The minimum Gasteiger partial charge on any atom is -0.489 e. The summed E-state index contributed by atoms with van der Waals surface area (Å²) in [6.07, 6.45) is 8.53. The Labute approximate surface area is 234 Å². The molecule has 0 unspecified atom stereocenters. The average molecular weight is 545 g/mol. The molecule has 0 saturated carbocycles. The van der Waals surface area contributed by atoms with Gasteiger partial charge in [0.15, 0.2) is 11.8 Å². The molecule has 1 saturated heterocycles. The summed E-state index contributed by atoms with van der Waals surface area (Å²) >= 11 is 0. The third-order valence-corrected chi connectivity index (χ3v) is 6.10. The van der Waals surface area contributed by atoms with Gasteiger partial charge in [0.05, 0.1) is 18.3 Å². The van der Waals surface area contributed by atoms with Crippen molar-refractivity contribution in [3.8, 4) is 22.8 Å². The Morgan fingerprint density at radius 2 is 1.90 bits per heavy atom. The highest BCUT2D eigenvalue weighted by atomic mass is 16.5. The number of rotatable bonds is 12. The number of ether oxygens (including phenoxy) is 3. The van der Waals surface area contributed by atoms with Crippen LogP contribution in [0.2, 0.25) is 0 Å². The molecule has 1 aliphatic heterocycles. The first-order chi connectivity index (χ1) is 19.6. The molecule has 4 rings (SSSR count). The molecule has 6 N–H and O–H groups in total. The molecule has 210 valence electrons. The van der Waals surface area contributed by atoms with Crippen LogP contribution in [0.5, 0.6) is 11.6 Å². The molecule has 0 spiro atoms. The van der Waals surface area contributed by atoms with Gasteiger partial charge in [-0.25, -0.2) is 9.97 Å². The minimum absolute atomic E-state index is 0.164. The Bertz CT molecular complexity index is 1290. The van der Waals surface area contributed by atoms with E-state index in [9.17, 15) is 0 Å². The van der Waals surface area contributed by atoms with Gasteiger partial charge in [0, 0.05) is 49.1 Å². The number of aromatic nitrogens is 2. The molecule has 0 aliphatic carbocycles. The summed E-state index contributed by atoms with van der Waals surface area (Å²) in [5.74, 6) is 1.92. The van der Waals surface area contributed by atoms with Crippen LogP contribution in [0.4, 0.5) is 5.82 Å². The van der Waals surface area contributed by atoms with Gasteiger partial charge >= 0.3 is 0 Å². The fraction of sp³-hybridized carbons (Fsp3) is 0.310. The van der Waals surface area contributed by atoms with Gasteiger partial charge in [-0.3, -0.25) is 4.99 Å². The van der Waals surface area contributed by atoms with Crippen molar-refractivity contribution < 1.29 is 14.2 Å². The SMILES string of the molecule is COCCOc1ccc(COc2ccc(-c3cccnc3N=C(N)NC(C=NC3CCNCC3)=CN)cc2)cn1. The molecule has 11 heteroatoms. The van der Waals surface area contributed by atoms with Gasteiger partial charge in [0.1, 0.15) is 19.0 Å². The fourth-order valence-corrected chi connectivity index (χ4v) is 3.97. The lowest BCUT2D eigenvalue weighted by Crippen LogP contribution is -2.33. The van der Waals surface area contributed by atoms with E-state index >= 15 is 0 Å². The molecule has 2 aromatic heterocycles. The molecule has 40 heavy (non-hydrogen) atoms. The summed E-state index contributed by atoms with van der Waals surface area (Å²) < 4.78 is 16.4. The molecule has 0 atom stereocenters. The Hall–Kier alpha value is -4.48. The van der Waals surface area contributed by atoms with Crippen LogP contribution < -0.4 is 31.6 Å². The van der Waals surface area contributed by atoms with Gasteiger partial charge in [-0.15, -0.1) is 0 Å². The molecule has 3 aromatic rings. The number of hydrogen-bond acceptors (Lipinski definition) is 9. The highest BCUT2D eigenvalue weighted by Crippen LogP contribution is 2.29. The number of nitrogens with one attached hydrogen (secondary N) is 2. The van der Waals surface area contributed by atoms with Crippen molar-refractivity contribution >= 4 is 18.0 Å². The first-order valence-corrected chi connectivity index (χ1v) is 13.2. The standard InChI is InChI=1S/C29H36N8O3/c1-38-15-16-39-27-9-4-21(18-35-27)20-40-25-7-5-22(6-8-25)26-3-2-12-33-28(26)37-29(31)36-24(17-30)19-34-23-10-13-32-14-11-23/h2-9,12,17-19,23,32H,10-11,13-16,20,30H2,1H3,(H3,31,33,36,37). The first kappa shape index (κ1) is 28.5. The number of nitrogens with two attached hydrogens (primary N) is 2. The van der Waals surface area contributed by atoms with Crippen molar-refractivity contribution in [2.45, 2.75) is 25.5 Å². The third kappa shape index (κ3) is 8.79. The summed E-state index contributed by atoms with van der Waals surface area (Å²) in [6.45, 7) is 3.28. The number of pyridine rings is 2. The maximum Gasteiger partial charge on any atom is 0.213 e. The number of aliphatic imine (C=N–C) groups is 2. The summed E-state index contributed by atoms with van der Waals surface area (Å²) in [7, 11) is 1.63. The molecule has 11 nitrogen and oxygen atoms in total. The molecular formula is C29H36N8O3. The Morgan fingerprint density at radius 3 is 2.62 bits per heavy atom. The molecular weight excluding hydrogens is 508 g/mol. The van der Waals surface area contributed by atoms with Gasteiger partial charge in [-0.1, -0.05) is 12.1 Å². The second-order valence-electron chi connectivity index (χ2n) is 9.04. The van der Waals surface area contributed by atoms with E-state index in [4.69, 9.17) is 25.7 Å². The number of nitrogens with zero attached hydrogens (tertiary/aromatic N) is 4. The quantitative estimate of drug-likeness (QED) is 0.153. The van der Waals surface area contributed by atoms with Crippen molar-refractivity contribution in [1.29, 1.82) is 0 Å². The van der Waals surface area contributed by atoms with Crippen LogP contribution >= 0.6 is 0 Å². The average Bonchev–Trinajstić information content (AvgIpc) is 3.00. The summed E-state index contributed by atoms with van der Waals surface area (Å²) in [4.78, 5) is 17.8. The second kappa shape index (κ2) is 15.2. The lowest BCUT2D eigenvalue weighted by Gasteiger charge is -2.18. The first-order valence-electron chi connectivity index (χ1n) is 13.2. The maximum atomic E-state index is 6.19. The number of hydrogen-bond donors (Lipinski definition) is 4. The van der Waals surface area contributed by atoms with E-state index in [0.29, 0.717) is 37.2 Å². The molecule has 3 heterocycles. The monoisotopic (exact) mass is 544 g/mol. The Balaban J connectivity index is 1.36. The third-order valence-electron chi connectivity index (χ3n) is 6.10. The number of methoxy groups -OCH3 is 1. The van der Waals surface area contributed by atoms with E-state index in [1.54, 1.807) is 25.7 Å². The van der Waals surface area contributed by atoms with Crippen LogP contribution in [0, 0.1) is 0 Å². The van der Waals surface area contributed by atoms with Crippen molar-refractivity contribution in [3.63, 3.8) is 0 Å². The number of allylic oxidation sites excluding steroid dienone is 1. The van der Waals surface area contributed by atoms with Crippen LogP contribution in [0.15, 0.2) is 82.8 Å². The number of benzene rings is 1. The van der Waals surface area contributed by atoms with E-state index in [-0.39, 0.29) is 12.0 Å². The lowest BCUT2D eigenvalue weighted by atomic mass is 10.1. The van der Waals surface area contributed by atoms with E-state index in [1.165, 1.54) is 6.20 Å². The van der Waals surface area contributed by atoms with Gasteiger partial charge in [0.2, 0.25) is 5.88 Å². The minimum atomic E-state index is 0.164. The molecule has 1 aliphatic rings. The maximum absolute atomic E-state index is 6.19. The van der Waals surface area contributed by atoms with Crippen molar-refractivity contribution in [1.82, 2.24) is 20.6 Å². The highest BCUT2D eigenvalue weighted by molar-refractivity contribution is 5.91.